The second kappa shape index (κ2) is 3.63. The van der Waals surface area contributed by atoms with Crippen molar-refractivity contribution in [1.82, 2.24) is 10.2 Å². The van der Waals surface area contributed by atoms with Crippen LogP contribution in [0, 0.1) is 6.92 Å². The van der Waals surface area contributed by atoms with Crippen LogP contribution in [0.15, 0.2) is 42.5 Å². The zero-order valence-corrected chi connectivity index (χ0v) is 9.44. The van der Waals surface area contributed by atoms with Gasteiger partial charge < -0.3 is 5.11 Å². The first-order valence-electron chi connectivity index (χ1n) is 5.48. The van der Waals surface area contributed by atoms with Crippen molar-refractivity contribution in [2.45, 2.75) is 6.92 Å². The Morgan fingerprint density at radius 2 is 1.88 bits per heavy atom. The SMILES string of the molecule is Cc1cccc(-c2ccc3[nH]nc(O)c3c2)c1. The topological polar surface area (TPSA) is 48.9 Å². The highest BCUT2D eigenvalue weighted by atomic mass is 16.3. The molecule has 84 valence electrons. The van der Waals surface area contributed by atoms with E-state index in [1.807, 2.05) is 24.3 Å². The Hall–Kier alpha value is -2.29. The Bertz CT molecular complexity index is 686. The van der Waals surface area contributed by atoms with Crippen LogP contribution in [0.25, 0.3) is 22.0 Å². The lowest BCUT2D eigenvalue weighted by molar-refractivity contribution is 0.457. The van der Waals surface area contributed by atoms with Crippen molar-refractivity contribution in [2.75, 3.05) is 0 Å². The number of benzene rings is 2. The van der Waals surface area contributed by atoms with E-state index in [1.54, 1.807) is 0 Å². The molecular formula is C14H12N2O. The van der Waals surface area contributed by atoms with Crippen LogP contribution in [0.5, 0.6) is 5.88 Å². The number of nitrogens with zero attached hydrogens (tertiary/aromatic N) is 1. The van der Waals surface area contributed by atoms with E-state index < -0.39 is 0 Å². The van der Waals surface area contributed by atoms with Crippen LogP contribution >= 0.6 is 0 Å². The molecule has 17 heavy (non-hydrogen) atoms. The molecule has 0 aliphatic rings. The summed E-state index contributed by atoms with van der Waals surface area (Å²) in [6.45, 7) is 2.07. The number of aromatic hydroxyl groups is 1. The Kier molecular flexibility index (Phi) is 2.11. The fourth-order valence-corrected chi connectivity index (χ4v) is 2.00. The highest BCUT2D eigenvalue weighted by Crippen LogP contribution is 2.28. The number of H-pyrrole nitrogens is 1. The molecule has 1 heterocycles. The summed E-state index contributed by atoms with van der Waals surface area (Å²) in [4.78, 5) is 0. The maximum absolute atomic E-state index is 9.59. The predicted molar refractivity (Wildman–Crippen MR) is 67.9 cm³/mol. The standard InChI is InChI=1S/C14H12N2O/c1-9-3-2-4-10(7-9)11-5-6-13-12(8-11)14(17)16-15-13/h2-8H,1H3,(H2,15,16,17). The Labute approximate surface area is 98.7 Å². The molecule has 0 atom stereocenters. The summed E-state index contributed by atoms with van der Waals surface area (Å²) in [6.07, 6.45) is 0. The van der Waals surface area contributed by atoms with Gasteiger partial charge in [-0.3, -0.25) is 5.10 Å². The molecule has 0 bridgehead atoms. The molecule has 0 unspecified atom stereocenters. The summed E-state index contributed by atoms with van der Waals surface area (Å²) in [6, 6.07) is 14.2. The molecule has 2 N–H and O–H groups in total. The first-order chi connectivity index (χ1) is 8.24. The van der Waals surface area contributed by atoms with E-state index in [0.29, 0.717) is 0 Å². The Balaban J connectivity index is 2.20. The van der Waals surface area contributed by atoms with Gasteiger partial charge in [0.1, 0.15) is 0 Å². The summed E-state index contributed by atoms with van der Waals surface area (Å²) < 4.78 is 0. The average molecular weight is 224 g/mol. The third kappa shape index (κ3) is 1.65. The van der Waals surface area contributed by atoms with Crippen molar-refractivity contribution in [2.24, 2.45) is 0 Å². The van der Waals surface area contributed by atoms with E-state index in [0.717, 1.165) is 22.0 Å². The van der Waals surface area contributed by atoms with Crippen molar-refractivity contribution in [3.8, 4) is 17.0 Å². The van der Waals surface area contributed by atoms with Gasteiger partial charge in [0.2, 0.25) is 5.88 Å². The summed E-state index contributed by atoms with van der Waals surface area (Å²) in [5, 5.41) is 16.9. The second-order valence-electron chi connectivity index (χ2n) is 4.18. The van der Waals surface area contributed by atoms with Crippen LogP contribution in [0.3, 0.4) is 0 Å². The molecule has 0 saturated carbocycles. The van der Waals surface area contributed by atoms with E-state index in [1.165, 1.54) is 5.56 Å². The highest BCUT2D eigenvalue weighted by Gasteiger charge is 2.05. The van der Waals surface area contributed by atoms with Crippen LogP contribution in [0.1, 0.15) is 5.56 Å². The molecule has 0 spiro atoms. The molecular weight excluding hydrogens is 212 g/mol. The van der Waals surface area contributed by atoms with Crippen LogP contribution in [0.2, 0.25) is 0 Å². The highest BCUT2D eigenvalue weighted by molar-refractivity contribution is 5.88. The third-order valence-corrected chi connectivity index (χ3v) is 2.89. The zero-order valence-electron chi connectivity index (χ0n) is 9.44. The van der Waals surface area contributed by atoms with Gasteiger partial charge in [-0.25, -0.2) is 0 Å². The minimum absolute atomic E-state index is 0.0505. The van der Waals surface area contributed by atoms with Crippen molar-refractivity contribution in [1.29, 1.82) is 0 Å². The monoisotopic (exact) mass is 224 g/mol. The fourth-order valence-electron chi connectivity index (χ4n) is 2.00. The Morgan fingerprint density at radius 1 is 1.06 bits per heavy atom. The molecule has 2 aromatic carbocycles. The molecule has 3 nitrogen and oxygen atoms in total. The minimum Gasteiger partial charge on any atom is -0.492 e. The molecule has 0 aliphatic carbocycles. The van der Waals surface area contributed by atoms with Gasteiger partial charge in [0.25, 0.3) is 0 Å². The van der Waals surface area contributed by atoms with Gasteiger partial charge in [-0.05, 0) is 30.2 Å². The summed E-state index contributed by atoms with van der Waals surface area (Å²) >= 11 is 0. The number of hydrogen-bond donors (Lipinski definition) is 2. The molecule has 3 rings (SSSR count). The Morgan fingerprint density at radius 3 is 2.71 bits per heavy atom. The van der Waals surface area contributed by atoms with Gasteiger partial charge in [-0.15, -0.1) is 5.10 Å². The second-order valence-corrected chi connectivity index (χ2v) is 4.18. The van der Waals surface area contributed by atoms with Crippen molar-refractivity contribution in [3.63, 3.8) is 0 Å². The first-order valence-corrected chi connectivity index (χ1v) is 5.48. The van der Waals surface area contributed by atoms with Gasteiger partial charge in [0, 0.05) is 0 Å². The smallest absolute Gasteiger partial charge is 0.238 e. The number of nitrogens with one attached hydrogen (secondary N) is 1. The number of aromatic amines is 1. The summed E-state index contributed by atoms with van der Waals surface area (Å²) in [5.74, 6) is 0.0505. The van der Waals surface area contributed by atoms with Crippen LogP contribution in [-0.4, -0.2) is 15.3 Å². The van der Waals surface area contributed by atoms with Crippen LogP contribution in [-0.2, 0) is 0 Å². The molecule has 3 heteroatoms. The van der Waals surface area contributed by atoms with E-state index in [4.69, 9.17) is 0 Å². The molecule has 3 aromatic rings. The van der Waals surface area contributed by atoms with Gasteiger partial charge in [-0.1, -0.05) is 35.9 Å². The minimum atomic E-state index is 0.0505. The quantitative estimate of drug-likeness (QED) is 0.666. The van der Waals surface area contributed by atoms with E-state index in [2.05, 4.69) is 35.3 Å². The lowest BCUT2D eigenvalue weighted by atomic mass is 10.0. The average Bonchev–Trinajstić information content (AvgIpc) is 2.71. The first kappa shape index (κ1) is 9.90. The van der Waals surface area contributed by atoms with E-state index in [-0.39, 0.29) is 5.88 Å². The number of rotatable bonds is 1. The van der Waals surface area contributed by atoms with Crippen LogP contribution < -0.4 is 0 Å². The molecule has 0 fully saturated rings. The molecule has 0 aliphatic heterocycles. The number of fused-ring (bicyclic) bond motifs is 1. The van der Waals surface area contributed by atoms with E-state index >= 15 is 0 Å². The largest absolute Gasteiger partial charge is 0.492 e. The van der Waals surface area contributed by atoms with Crippen LogP contribution in [0.4, 0.5) is 0 Å². The fraction of sp³-hybridized carbons (Fsp3) is 0.0714. The molecule has 0 amide bonds. The summed E-state index contributed by atoms with van der Waals surface area (Å²) in [5.41, 5.74) is 4.29. The zero-order chi connectivity index (χ0) is 11.8. The number of aromatic nitrogens is 2. The lowest BCUT2D eigenvalue weighted by Crippen LogP contribution is -1.79. The lowest BCUT2D eigenvalue weighted by Gasteiger charge is -2.03. The maximum Gasteiger partial charge on any atom is 0.238 e. The van der Waals surface area contributed by atoms with Gasteiger partial charge in [0.05, 0.1) is 10.9 Å². The number of hydrogen-bond acceptors (Lipinski definition) is 2. The molecule has 1 aromatic heterocycles. The van der Waals surface area contributed by atoms with Gasteiger partial charge in [0.15, 0.2) is 0 Å². The van der Waals surface area contributed by atoms with Gasteiger partial charge >= 0.3 is 0 Å². The molecule has 0 radical (unpaired) electrons. The number of aryl methyl sites for hydroxylation is 1. The third-order valence-electron chi connectivity index (χ3n) is 2.89. The van der Waals surface area contributed by atoms with Crippen molar-refractivity contribution < 1.29 is 5.11 Å². The van der Waals surface area contributed by atoms with E-state index in [9.17, 15) is 5.11 Å². The molecule has 0 saturated heterocycles. The summed E-state index contributed by atoms with van der Waals surface area (Å²) in [7, 11) is 0. The van der Waals surface area contributed by atoms with Gasteiger partial charge in [-0.2, -0.15) is 0 Å². The predicted octanol–water partition coefficient (Wildman–Crippen LogP) is 3.24. The maximum atomic E-state index is 9.59. The van der Waals surface area contributed by atoms with Crippen molar-refractivity contribution in [3.05, 3.63) is 48.0 Å². The normalized spacial score (nSPS) is 10.9. The van der Waals surface area contributed by atoms with Crippen molar-refractivity contribution >= 4 is 10.9 Å².